The molecule has 3 aromatic heterocycles. The molecule has 0 aliphatic heterocycles. The lowest BCUT2D eigenvalue weighted by atomic mass is 9.95. The second-order valence-corrected chi connectivity index (χ2v) is 9.05. The Balaban J connectivity index is 1.51. The molecule has 5 nitrogen and oxygen atoms in total. The van der Waals surface area contributed by atoms with Gasteiger partial charge in [0.1, 0.15) is 17.5 Å². The molecule has 192 valence electrons. The summed E-state index contributed by atoms with van der Waals surface area (Å²) in [5, 5.41) is 3.50. The van der Waals surface area contributed by atoms with Gasteiger partial charge in [0.15, 0.2) is 0 Å². The van der Waals surface area contributed by atoms with Gasteiger partial charge in [0.05, 0.1) is 18.2 Å². The minimum atomic E-state index is -0.799. The quantitative estimate of drug-likeness (QED) is 0.201. The van der Waals surface area contributed by atoms with Gasteiger partial charge >= 0.3 is 0 Å². The Hall–Kier alpha value is -4.53. The Morgan fingerprint density at radius 1 is 0.974 bits per heavy atom. The van der Waals surface area contributed by atoms with Gasteiger partial charge in [0.25, 0.3) is 0 Å². The number of aryl methyl sites for hydroxylation is 1. The molecule has 2 N–H and O–H groups in total. The third-order valence-electron chi connectivity index (χ3n) is 6.27. The number of fused-ring (bicyclic) bond motifs is 1. The van der Waals surface area contributed by atoms with Gasteiger partial charge in [0, 0.05) is 52.3 Å². The number of amides is 1. The number of nitrogens with zero attached hydrogens (tertiary/aromatic N) is 2. The second kappa shape index (κ2) is 10.5. The standard InChI is InChI=1S/C29H22F4N4O/c1-16-7-18(15-36-29(16)33)23-3-2-6-34-28(23)26(10-17-8-21(31)12-22(32)9-17)37-27(38)11-19-14-35-25-5-4-20(30)13-24(19)25/h2-9,12-15,26,35H,10-11H2,1H3,(H,37,38). The fourth-order valence-electron chi connectivity index (χ4n) is 4.54. The lowest BCUT2D eigenvalue weighted by Crippen LogP contribution is -2.32. The summed E-state index contributed by atoms with van der Waals surface area (Å²) in [6.45, 7) is 1.58. The minimum absolute atomic E-state index is 0.0283. The van der Waals surface area contributed by atoms with Crippen molar-refractivity contribution in [1.82, 2.24) is 20.3 Å². The fraction of sp³-hybridized carbons (Fsp3) is 0.138. The van der Waals surface area contributed by atoms with E-state index in [0.29, 0.717) is 44.4 Å². The number of halogens is 4. The zero-order valence-electron chi connectivity index (χ0n) is 20.2. The first-order valence-corrected chi connectivity index (χ1v) is 11.8. The SMILES string of the molecule is Cc1cc(-c2cccnc2C(Cc2cc(F)cc(F)c2)NC(=O)Cc2c[nH]c3ccc(F)cc23)cnc1F. The number of H-pyrrole nitrogens is 1. The molecule has 1 unspecified atom stereocenters. The van der Waals surface area contributed by atoms with Gasteiger partial charge in [-0.3, -0.25) is 9.78 Å². The molecule has 0 radical (unpaired) electrons. The van der Waals surface area contributed by atoms with Gasteiger partial charge in [0.2, 0.25) is 11.9 Å². The summed E-state index contributed by atoms with van der Waals surface area (Å²) in [5.41, 5.74) is 3.49. The number of benzene rings is 2. The molecule has 5 aromatic rings. The van der Waals surface area contributed by atoms with Crippen LogP contribution in [0.15, 0.2) is 73.2 Å². The first-order valence-electron chi connectivity index (χ1n) is 11.8. The summed E-state index contributed by atoms with van der Waals surface area (Å²) in [4.78, 5) is 24.5. The van der Waals surface area contributed by atoms with Crippen LogP contribution in [0.4, 0.5) is 17.6 Å². The molecule has 0 aliphatic rings. The summed E-state index contributed by atoms with van der Waals surface area (Å²) in [7, 11) is 0. The zero-order chi connectivity index (χ0) is 26.8. The number of carbonyl (C=O) groups is 1. The van der Waals surface area contributed by atoms with E-state index in [2.05, 4.69) is 20.3 Å². The van der Waals surface area contributed by atoms with Gasteiger partial charge in [-0.15, -0.1) is 0 Å². The summed E-state index contributed by atoms with van der Waals surface area (Å²) in [5.74, 6) is -2.92. The van der Waals surface area contributed by atoms with Crippen molar-refractivity contribution in [3.63, 3.8) is 0 Å². The molecule has 9 heteroatoms. The van der Waals surface area contributed by atoms with E-state index in [-0.39, 0.29) is 12.8 Å². The van der Waals surface area contributed by atoms with Crippen LogP contribution < -0.4 is 5.32 Å². The largest absolute Gasteiger partial charge is 0.361 e. The van der Waals surface area contributed by atoms with Crippen molar-refractivity contribution < 1.29 is 22.4 Å². The molecule has 2 aromatic carbocycles. The topological polar surface area (TPSA) is 70.7 Å². The highest BCUT2D eigenvalue weighted by atomic mass is 19.1. The van der Waals surface area contributed by atoms with E-state index in [1.165, 1.54) is 36.7 Å². The fourth-order valence-corrected chi connectivity index (χ4v) is 4.54. The van der Waals surface area contributed by atoms with Crippen molar-refractivity contribution in [1.29, 1.82) is 0 Å². The molecular formula is C29H22F4N4O. The van der Waals surface area contributed by atoms with E-state index in [1.54, 1.807) is 37.4 Å². The molecule has 0 bridgehead atoms. The summed E-state index contributed by atoms with van der Waals surface area (Å²) < 4.78 is 55.6. The van der Waals surface area contributed by atoms with Crippen LogP contribution in [0, 0.1) is 30.3 Å². The smallest absolute Gasteiger partial charge is 0.225 e. The molecule has 38 heavy (non-hydrogen) atoms. The predicted molar refractivity (Wildman–Crippen MR) is 135 cm³/mol. The van der Waals surface area contributed by atoms with Gasteiger partial charge in [-0.25, -0.2) is 18.2 Å². The van der Waals surface area contributed by atoms with Crippen molar-refractivity contribution in [2.45, 2.75) is 25.8 Å². The Bertz CT molecular complexity index is 1630. The average Bonchev–Trinajstić information content (AvgIpc) is 3.26. The number of carbonyl (C=O) groups excluding carboxylic acids is 1. The molecule has 1 atom stereocenters. The van der Waals surface area contributed by atoms with E-state index < -0.39 is 35.3 Å². The number of rotatable bonds is 7. The van der Waals surface area contributed by atoms with E-state index in [0.717, 1.165) is 6.07 Å². The van der Waals surface area contributed by atoms with Crippen LogP contribution in [0.2, 0.25) is 0 Å². The number of nitrogens with one attached hydrogen (secondary N) is 2. The van der Waals surface area contributed by atoms with Crippen molar-refractivity contribution in [3.8, 4) is 11.1 Å². The molecule has 1 amide bonds. The Kier molecular flexibility index (Phi) is 6.91. The van der Waals surface area contributed by atoms with E-state index in [9.17, 15) is 22.4 Å². The van der Waals surface area contributed by atoms with Crippen molar-refractivity contribution in [2.24, 2.45) is 0 Å². The van der Waals surface area contributed by atoms with E-state index in [4.69, 9.17) is 0 Å². The number of pyridine rings is 2. The molecule has 3 heterocycles. The van der Waals surface area contributed by atoms with Crippen LogP contribution in [0.25, 0.3) is 22.0 Å². The maximum atomic E-state index is 14.0. The summed E-state index contributed by atoms with van der Waals surface area (Å²) >= 11 is 0. The highest BCUT2D eigenvalue weighted by Crippen LogP contribution is 2.30. The molecule has 0 spiro atoms. The van der Waals surface area contributed by atoms with Gasteiger partial charge in [-0.1, -0.05) is 6.07 Å². The Labute approximate surface area is 215 Å². The normalized spacial score (nSPS) is 12.0. The first-order chi connectivity index (χ1) is 18.3. The van der Waals surface area contributed by atoms with Gasteiger partial charge in [-0.2, -0.15) is 4.39 Å². The van der Waals surface area contributed by atoms with Crippen LogP contribution >= 0.6 is 0 Å². The predicted octanol–water partition coefficient (Wildman–Crippen LogP) is 6.13. The maximum absolute atomic E-state index is 14.0. The van der Waals surface area contributed by atoms with Crippen molar-refractivity contribution in [3.05, 3.63) is 119 Å². The van der Waals surface area contributed by atoms with Gasteiger partial charge < -0.3 is 10.3 Å². The second-order valence-electron chi connectivity index (χ2n) is 9.05. The Morgan fingerprint density at radius 2 is 1.76 bits per heavy atom. The third kappa shape index (κ3) is 5.41. The maximum Gasteiger partial charge on any atom is 0.225 e. The lowest BCUT2D eigenvalue weighted by Gasteiger charge is -2.22. The molecule has 5 rings (SSSR count). The molecule has 0 fully saturated rings. The summed E-state index contributed by atoms with van der Waals surface area (Å²) in [6, 6.07) is 11.7. The monoisotopic (exact) mass is 518 g/mol. The van der Waals surface area contributed by atoms with Crippen LogP contribution in [0.1, 0.15) is 28.4 Å². The van der Waals surface area contributed by atoms with E-state index >= 15 is 0 Å². The Morgan fingerprint density at radius 3 is 2.53 bits per heavy atom. The van der Waals surface area contributed by atoms with Crippen LogP contribution in [0.3, 0.4) is 0 Å². The molecule has 0 aliphatic carbocycles. The average molecular weight is 519 g/mol. The first kappa shape index (κ1) is 25.1. The highest BCUT2D eigenvalue weighted by molar-refractivity contribution is 5.89. The minimum Gasteiger partial charge on any atom is -0.361 e. The van der Waals surface area contributed by atoms with Crippen molar-refractivity contribution >= 4 is 16.8 Å². The van der Waals surface area contributed by atoms with Crippen molar-refractivity contribution in [2.75, 3.05) is 0 Å². The summed E-state index contributed by atoms with van der Waals surface area (Å²) in [6.07, 6.45) is 4.50. The molecule has 0 saturated heterocycles. The number of aromatic nitrogens is 3. The lowest BCUT2D eigenvalue weighted by molar-refractivity contribution is -0.121. The molecule has 0 saturated carbocycles. The number of hydrogen-bond acceptors (Lipinski definition) is 3. The van der Waals surface area contributed by atoms with Gasteiger partial charge in [-0.05, 0) is 66.9 Å². The third-order valence-corrected chi connectivity index (χ3v) is 6.27. The van der Waals surface area contributed by atoms with Crippen LogP contribution in [-0.2, 0) is 17.6 Å². The van der Waals surface area contributed by atoms with E-state index in [1.807, 2.05) is 0 Å². The molecular weight excluding hydrogens is 496 g/mol. The number of hydrogen-bond donors (Lipinski definition) is 2. The van der Waals surface area contributed by atoms with Crippen LogP contribution in [0.5, 0.6) is 0 Å². The zero-order valence-corrected chi connectivity index (χ0v) is 20.2. The number of aromatic amines is 1. The highest BCUT2D eigenvalue weighted by Gasteiger charge is 2.22. The van der Waals surface area contributed by atoms with Crippen LogP contribution in [-0.4, -0.2) is 20.9 Å².